The Hall–Kier alpha value is -2.24. The van der Waals surface area contributed by atoms with Crippen LogP contribution in [0.2, 0.25) is 0 Å². The summed E-state index contributed by atoms with van der Waals surface area (Å²) in [5.41, 5.74) is 7.46. The molecule has 2 rings (SSSR count). The minimum Gasteiger partial charge on any atom is -0.461 e. The van der Waals surface area contributed by atoms with Crippen LogP contribution in [-0.4, -0.2) is 26.0 Å². The molecule has 0 unspecified atom stereocenters. The van der Waals surface area contributed by atoms with Gasteiger partial charge < -0.3 is 10.5 Å². The lowest BCUT2D eigenvalue weighted by molar-refractivity contribution is 0.222. The van der Waals surface area contributed by atoms with Crippen LogP contribution in [0, 0.1) is 6.92 Å². The Morgan fingerprint density at radius 1 is 1.17 bits per heavy atom. The summed E-state index contributed by atoms with van der Waals surface area (Å²) >= 11 is 0. The number of hydrogen-bond acceptors (Lipinski definition) is 6. The van der Waals surface area contributed by atoms with Crippen molar-refractivity contribution in [1.29, 1.82) is 0 Å². The van der Waals surface area contributed by atoms with Gasteiger partial charge in [-0.1, -0.05) is 0 Å². The molecule has 0 amide bonds. The van der Waals surface area contributed by atoms with E-state index in [1.165, 1.54) is 0 Å². The number of aryl methyl sites for hydroxylation is 1. The Bertz CT molecular complexity index is 556. The van der Waals surface area contributed by atoms with Gasteiger partial charge in [-0.3, -0.25) is 4.98 Å². The van der Waals surface area contributed by atoms with Gasteiger partial charge in [0.15, 0.2) is 5.82 Å². The molecule has 2 aromatic rings. The van der Waals surface area contributed by atoms with Gasteiger partial charge in [0, 0.05) is 18.0 Å². The van der Waals surface area contributed by atoms with Gasteiger partial charge in [0.2, 0.25) is 5.95 Å². The lowest BCUT2D eigenvalue weighted by atomic mass is 10.2. The topological polar surface area (TPSA) is 86.8 Å². The third-order valence-electron chi connectivity index (χ3n) is 2.11. The van der Waals surface area contributed by atoms with E-state index in [9.17, 15) is 0 Å². The monoisotopic (exact) mass is 245 g/mol. The van der Waals surface area contributed by atoms with E-state index in [1.54, 1.807) is 12.4 Å². The van der Waals surface area contributed by atoms with Gasteiger partial charge in [0.25, 0.3) is 0 Å². The molecule has 6 heteroatoms. The van der Waals surface area contributed by atoms with Crippen molar-refractivity contribution in [3.05, 3.63) is 24.0 Å². The summed E-state index contributed by atoms with van der Waals surface area (Å²) < 4.78 is 5.42. The molecule has 0 aromatic carbocycles. The molecule has 0 spiro atoms. The maximum Gasteiger partial charge on any atom is 0.322 e. The number of ether oxygens (including phenoxy) is 1. The highest BCUT2D eigenvalue weighted by Gasteiger charge is 2.09. The number of aromatic nitrogens is 4. The molecule has 0 aliphatic rings. The molecule has 2 heterocycles. The summed E-state index contributed by atoms with van der Waals surface area (Å²) in [4.78, 5) is 16.3. The van der Waals surface area contributed by atoms with E-state index >= 15 is 0 Å². The summed E-state index contributed by atoms with van der Waals surface area (Å²) in [6.45, 7) is 5.74. The first kappa shape index (κ1) is 12.2. The smallest absolute Gasteiger partial charge is 0.322 e. The van der Waals surface area contributed by atoms with Crippen LogP contribution < -0.4 is 10.5 Å². The highest BCUT2D eigenvalue weighted by Crippen LogP contribution is 2.18. The van der Waals surface area contributed by atoms with Crippen LogP contribution in [0.15, 0.2) is 18.5 Å². The number of hydrogen-bond donors (Lipinski definition) is 1. The predicted molar refractivity (Wildman–Crippen MR) is 68.0 cm³/mol. The fraction of sp³-hybridized carbons (Fsp3) is 0.333. The first-order valence-electron chi connectivity index (χ1n) is 5.65. The van der Waals surface area contributed by atoms with E-state index in [0.29, 0.717) is 5.82 Å². The predicted octanol–water partition coefficient (Wildman–Crippen LogP) is 1.61. The Morgan fingerprint density at radius 3 is 2.61 bits per heavy atom. The Morgan fingerprint density at radius 2 is 1.94 bits per heavy atom. The number of nitrogens with two attached hydrogens (primary N) is 1. The molecule has 0 aliphatic heterocycles. The highest BCUT2D eigenvalue weighted by molar-refractivity contribution is 5.55. The van der Waals surface area contributed by atoms with E-state index in [-0.39, 0.29) is 18.1 Å². The summed E-state index contributed by atoms with van der Waals surface area (Å²) in [6.07, 6.45) is 3.43. The number of rotatable bonds is 3. The summed E-state index contributed by atoms with van der Waals surface area (Å²) in [7, 11) is 0. The molecule has 94 valence electrons. The lowest BCUT2D eigenvalue weighted by Crippen LogP contribution is -2.11. The zero-order chi connectivity index (χ0) is 13.1. The Labute approximate surface area is 105 Å². The second kappa shape index (κ2) is 4.95. The third-order valence-corrected chi connectivity index (χ3v) is 2.11. The van der Waals surface area contributed by atoms with Gasteiger partial charge >= 0.3 is 6.01 Å². The molecular weight excluding hydrogens is 230 g/mol. The van der Waals surface area contributed by atoms with Gasteiger partial charge in [-0.15, -0.1) is 0 Å². The zero-order valence-corrected chi connectivity index (χ0v) is 10.6. The molecule has 0 fully saturated rings. The molecule has 0 bridgehead atoms. The molecule has 0 saturated carbocycles. The number of anilines is 1. The average Bonchev–Trinajstić information content (AvgIpc) is 2.27. The molecule has 6 nitrogen and oxygen atoms in total. The van der Waals surface area contributed by atoms with Gasteiger partial charge in [0.1, 0.15) is 0 Å². The Kier molecular flexibility index (Phi) is 3.36. The van der Waals surface area contributed by atoms with Crippen molar-refractivity contribution in [1.82, 2.24) is 19.9 Å². The van der Waals surface area contributed by atoms with Gasteiger partial charge in [-0.05, 0) is 32.4 Å². The van der Waals surface area contributed by atoms with E-state index in [1.807, 2.05) is 26.8 Å². The molecule has 0 saturated heterocycles. The van der Waals surface area contributed by atoms with Crippen LogP contribution in [0.5, 0.6) is 6.01 Å². The number of nitrogen functional groups attached to an aromatic ring is 1. The minimum absolute atomic E-state index is 0.0183. The summed E-state index contributed by atoms with van der Waals surface area (Å²) in [5, 5.41) is 0. The van der Waals surface area contributed by atoms with E-state index in [2.05, 4.69) is 19.9 Å². The second-order valence-electron chi connectivity index (χ2n) is 4.22. The van der Waals surface area contributed by atoms with Crippen LogP contribution in [-0.2, 0) is 0 Å². The van der Waals surface area contributed by atoms with Crippen molar-refractivity contribution in [2.75, 3.05) is 5.73 Å². The van der Waals surface area contributed by atoms with Crippen molar-refractivity contribution in [3.8, 4) is 17.4 Å². The highest BCUT2D eigenvalue weighted by atomic mass is 16.5. The molecule has 0 atom stereocenters. The summed E-state index contributed by atoms with van der Waals surface area (Å²) in [5.74, 6) is 0.603. The quantitative estimate of drug-likeness (QED) is 0.884. The first-order chi connectivity index (χ1) is 8.54. The maximum absolute atomic E-state index is 5.65. The largest absolute Gasteiger partial charge is 0.461 e. The van der Waals surface area contributed by atoms with Crippen molar-refractivity contribution in [2.45, 2.75) is 26.9 Å². The average molecular weight is 245 g/mol. The standard InChI is InChI=1S/C12H15N5O/c1-7(2)18-12-16-10(15-11(13)17-12)9-4-8(3)5-14-6-9/h4-7H,1-3H3,(H2,13,15,16,17). The van der Waals surface area contributed by atoms with Crippen molar-refractivity contribution < 1.29 is 4.74 Å². The summed E-state index contributed by atoms with van der Waals surface area (Å²) in [6, 6.07) is 2.16. The molecule has 2 aromatic heterocycles. The van der Waals surface area contributed by atoms with Crippen molar-refractivity contribution in [3.63, 3.8) is 0 Å². The third kappa shape index (κ3) is 2.91. The normalized spacial score (nSPS) is 10.7. The van der Waals surface area contributed by atoms with Gasteiger partial charge in [-0.2, -0.15) is 15.0 Å². The maximum atomic E-state index is 5.65. The molecule has 0 aliphatic carbocycles. The molecular formula is C12H15N5O. The van der Waals surface area contributed by atoms with Crippen molar-refractivity contribution in [2.24, 2.45) is 0 Å². The minimum atomic E-state index is -0.0183. The number of nitrogens with zero attached hydrogens (tertiary/aromatic N) is 4. The van der Waals surface area contributed by atoms with E-state index in [4.69, 9.17) is 10.5 Å². The first-order valence-corrected chi connectivity index (χ1v) is 5.65. The zero-order valence-electron chi connectivity index (χ0n) is 10.6. The fourth-order valence-corrected chi connectivity index (χ4v) is 1.44. The Balaban J connectivity index is 2.41. The van der Waals surface area contributed by atoms with Crippen LogP contribution >= 0.6 is 0 Å². The molecule has 0 radical (unpaired) electrons. The SMILES string of the molecule is Cc1cncc(-c2nc(N)nc(OC(C)C)n2)c1. The second-order valence-corrected chi connectivity index (χ2v) is 4.22. The van der Waals surface area contributed by atoms with Crippen molar-refractivity contribution >= 4 is 5.95 Å². The van der Waals surface area contributed by atoms with Crippen LogP contribution in [0.25, 0.3) is 11.4 Å². The fourth-order valence-electron chi connectivity index (χ4n) is 1.44. The lowest BCUT2D eigenvalue weighted by Gasteiger charge is -2.09. The molecule has 2 N–H and O–H groups in total. The molecule has 18 heavy (non-hydrogen) atoms. The van der Waals surface area contributed by atoms with Crippen LogP contribution in [0.4, 0.5) is 5.95 Å². The van der Waals surface area contributed by atoms with E-state index in [0.717, 1.165) is 11.1 Å². The van der Waals surface area contributed by atoms with E-state index < -0.39 is 0 Å². The van der Waals surface area contributed by atoms with Gasteiger partial charge in [-0.25, -0.2) is 0 Å². The number of pyridine rings is 1. The van der Waals surface area contributed by atoms with Gasteiger partial charge in [0.05, 0.1) is 6.10 Å². The van der Waals surface area contributed by atoms with Crippen LogP contribution in [0.1, 0.15) is 19.4 Å². The van der Waals surface area contributed by atoms with Crippen LogP contribution in [0.3, 0.4) is 0 Å².